The quantitative estimate of drug-likeness (QED) is 0.659. The summed E-state index contributed by atoms with van der Waals surface area (Å²) in [5.74, 6) is -0.601. The second-order valence-corrected chi connectivity index (χ2v) is 6.41. The third-order valence-electron chi connectivity index (χ3n) is 4.46. The van der Waals surface area contributed by atoms with Crippen LogP contribution in [0.3, 0.4) is 0 Å². The number of benzene rings is 2. The van der Waals surface area contributed by atoms with Crippen molar-refractivity contribution in [3.05, 3.63) is 72.1 Å². The first-order valence-corrected chi connectivity index (χ1v) is 8.93. The monoisotopic (exact) mass is 362 g/mol. The molecule has 1 N–H and O–H groups in total. The Morgan fingerprint density at radius 3 is 2.56 bits per heavy atom. The molecule has 0 saturated carbocycles. The summed E-state index contributed by atoms with van der Waals surface area (Å²) in [6.45, 7) is 3.61. The van der Waals surface area contributed by atoms with Crippen LogP contribution in [-0.4, -0.2) is 16.9 Å². The number of carbonyl (C=O) groups excluding carboxylic acids is 2. The molecule has 1 amide bonds. The van der Waals surface area contributed by atoms with Crippen LogP contribution >= 0.6 is 0 Å². The summed E-state index contributed by atoms with van der Waals surface area (Å²) in [6, 6.07) is 15.3. The van der Waals surface area contributed by atoms with Crippen molar-refractivity contribution in [2.45, 2.75) is 32.8 Å². The molecule has 5 nitrogen and oxygen atoms in total. The van der Waals surface area contributed by atoms with Crippen LogP contribution in [-0.2, 0) is 20.9 Å². The van der Waals surface area contributed by atoms with Gasteiger partial charge in [0.05, 0.1) is 5.92 Å². The van der Waals surface area contributed by atoms with E-state index >= 15 is 0 Å². The fraction of sp³-hybridized carbons (Fsp3) is 0.227. The Bertz CT molecular complexity index is 951. The molecule has 0 fully saturated rings. The first kappa shape index (κ1) is 18.6. The highest BCUT2D eigenvalue weighted by Crippen LogP contribution is 2.24. The Hall–Kier alpha value is -3.21. The predicted molar refractivity (Wildman–Crippen MR) is 105 cm³/mol. The molecule has 0 saturated heterocycles. The molecule has 0 unspecified atom stereocenters. The first-order chi connectivity index (χ1) is 13.1. The maximum atomic E-state index is 12.8. The number of nitrogens with one attached hydrogen (secondary N) is 1. The van der Waals surface area contributed by atoms with E-state index in [0.717, 1.165) is 27.6 Å². The van der Waals surface area contributed by atoms with E-state index < -0.39 is 0 Å². The molecule has 1 atom stereocenters. The van der Waals surface area contributed by atoms with Gasteiger partial charge >= 0.3 is 5.97 Å². The predicted octanol–water partition coefficient (Wildman–Crippen LogP) is 4.43. The number of anilines is 1. The fourth-order valence-electron chi connectivity index (χ4n) is 2.99. The lowest BCUT2D eigenvalue weighted by atomic mass is 9.94. The van der Waals surface area contributed by atoms with Gasteiger partial charge in [0.15, 0.2) is 0 Å². The molecule has 0 bridgehead atoms. The van der Waals surface area contributed by atoms with Crippen molar-refractivity contribution < 1.29 is 14.3 Å². The van der Waals surface area contributed by atoms with Crippen LogP contribution in [0.15, 0.2) is 60.9 Å². The van der Waals surface area contributed by atoms with Crippen LogP contribution in [0.1, 0.15) is 37.3 Å². The summed E-state index contributed by atoms with van der Waals surface area (Å²) in [6.07, 6.45) is 4.22. The molecule has 0 aliphatic heterocycles. The van der Waals surface area contributed by atoms with Crippen LogP contribution < -0.4 is 5.32 Å². The average molecular weight is 362 g/mol. The standard InChI is InChI=1S/C22H22N2O3/c1-3-21(17-6-4-16(5-7-17)14-27-15(2)25)22(26)24-20-9-8-19-13-23-11-10-18(19)12-20/h4-13,21H,3,14H2,1-2H3,(H,24,26)/t21-/m0/s1. The van der Waals surface area contributed by atoms with Crippen molar-refractivity contribution in [2.75, 3.05) is 5.32 Å². The number of amides is 1. The molecule has 2 aromatic carbocycles. The Kier molecular flexibility index (Phi) is 5.81. The first-order valence-electron chi connectivity index (χ1n) is 8.93. The van der Waals surface area contributed by atoms with Gasteiger partial charge in [-0.15, -0.1) is 0 Å². The minimum absolute atomic E-state index is 0.0429. The van der Waals surface area contributed by atoms with Crippen LogP contribution in [0.2, 0.25) is 0 Å². The van der Waals surface area contributed by atoms with Crippen molar-refractivity contribution in [3.8, 4) is 0 Å². The number of pyridine rings is 1. The Labute approximate surface area is 158 Å². The van der Waals surface area contributed by atoms with Crippen LogP contribution in [0.5, 0.6) is 0 Å². The molecule has 0 radical (unpaired) electrons. The molecule has 1 heterocycles. The SMILES string of the molecule is CC[C@H](C(=O)Nc1ccc2cnccc2c1)c1ccc(COC(C)=O)cc1. The maximum absolute atomic E-state index is 12.8. The number of aromatic nitrogens is 1. The molecular formula is C22H22N2O3. The molecular weight excluding hydrogens is 340 g/mol. The lowest BCUT2D eigenvalue weighted by Crippen LogP contribution is -2.20. The molecule has 0 aliphatic carbocycles. The zero-order valence-corrected chi connectivity index (χ0v) is 15.4. The van der Waals surface area contributed by atoms with Crippen LogP contribution in [0.4, 0.5) is 5.69 Å². The van der Waals surface area contributed by atoms with Gasteiger partial charge in [-0.1, -0.05) is 37.3 Å². The summed E-state index contributed by atoms with van der Waals surface area (Å²) >= 11 is 0. The van der Waals surface area contributed by atoms with Crippen molar-refractivity contribution in [2.24, 2.45) is 0 Å². The van der Waals surface area contributed by atoms with Gasteiger partial charge in [0.1, 0.15) is 6.61 Å². The largest absolute Gasteiger partial charge is 0.461 e. The van der Waals surface area contributed by atoms with E-state index in [1.807, 2.05) is 55.5 Å². The highest BCUT2D eigenvalue weighted by Gasteiger charge is 2.19. The van der Waals surface area contributed by atoms with Crippen molar-refractivity contribution in [1.82, 2.24) is 4.98 Å². The van der Waals surface area contributed by atoms with Gasteiger partial charge in [0.2, 0.25) is 5.91 Å². The van der Waals surface area contributed by atoms with Gasteiger partial charge in [-0.2, -0.15) is 0 Å². The van der Waals surface area contributed by atoms with Crippen molar-refractivity contribution in [3.63, 3.8) is 0 Å². The summed E-state index contributed by atoms with van der Waals surface area (Å²) in [4.78, 5) is 27.8. The van der Waals surface area contributed by atoms with Crippen LogP contribution in [0, 0.1) is 0 Å². The molecule has 5 heteroatoms. The summed E-state index contributed by atoms with van der Waals surface area (Å²) in [5.41, 5.74) is 2.60. The zero-order chi connectivity index (χ0) is 19.2. The molecule has 27 heavy (non-hydrogen) atoms. The lowest BCUT2D eigenvalue weighted by Gasteiger charge is -2.16. The smallest absolute Gasteiger partial charge is 0.302 e. The number of fused-ring (bicyclic) bond motifs is 1. The Balaban J connectivity index is 1.72. The number of hydrogen-bond acceptors (Lipinski definition) is 4. The Morgan fingerprint density at radius 2 is 1.85 bits per heavy atom. The van der Waals surface area contributed by atoms with E-state index in [2.05, 4.69) is 10.3 Å². The van der Waals surface area contributed by atoms with E-state index in [1.54, 1.807) is 12.4 Å². The lowest BCUT2D eigenvalue weighted by molar-refractivity contribution is -0.142. The molecule has 3 aromatic rings. The third-order valence-corrected chi connectivity index (χ3v) is 4.46. The number of carbonyl (C=O) groups is 2. The van der Waals surface area contributed by atoms with E-state index in [-0.39, 0.29) is 24.4 Å². The number of hydrogen-bond donors (Lipinski definition) is 1. The molecule has 0 spiro atoms. The second-order valence-electron chi connectivity index (χ2n) is 6.41. The van der Waals surface area contributed by atoms with E-state index in [9.17, 15) is 9.59 Å². The van der Waals surface area contributed by atoms with E-state index in [0.29, 0.717) is 6.42 Å². The zero-order valence-electron chi connectivity index (χ0n) is 15.4. The highest BCUT2D eigenvalue weighted by molar-refractivity contribution is 5.97. The number of ether oxygens (including phenoxy) is 1. The van der Waals surface area contributed by atoms with Gasteiger partial charge < -0.3 is 10.1 Å². The van der Waals surface area contributed by atoms with Gasteiger partial charge in [0.25, 0.3) is 0 Å². The number of nitrogens with zero attached hydrogens (tertiary/aromatic N) is 1. The Morgan fingerprint density at radius 1 is 1.07 bits per heavy atom. The van der Waals surface area contributed by atoms with E-state index in [1.165, 1.54) is 6.92 Å². The topological polar surface area (TPSA) is 68.3 Å². The minimum atomic E-state index is -0.309. The minimum Gasteiger partial charge on any atom is -0.461 e. The van der Waals surface area contributed by atoms with Crippen molar-refractivity contribution in [1.29, 1.82) is 0 Å². The normalized spacial score (nSPS) is 11.8. The molecule has 3 rings (SSSR count). The van der Waals surface area contributed by atoms with Crippen LogP contribution in [0.25, 0.3) is 10.8 Å². The molecule has 1 aromatic heterocycles. The molecule has 138 valence electrons. The van der Waals surface area contributed by atoms with Crippen molar-refractivity contribution >= 4 is 28.3 Å². The highest BCUT2D eigenvalue weighted by atomic mass is 16.5. The molecule has 0 aliphatic rings. The van der Waals surface area contributed by atoms with Gasteiger partial charge in [-0.3, -0.25) is 14.6 Å². The summed E-state index contributed by atoms with van der Waals surface area (Å²) in [7, 11) is 0. The average Bonchev–Trinajstić information content (AvgIpc) is 2.68. The summed E-state index contributed by atoms with van der Waals surface area (Å²) in [5, 5.41) is 5.08. The fourth-order valence-corrected chi connectivity index (χ4v) is 2.99. The van der Waals surface area contributed by atoms with E-state index in [4.69, 9.17) is 4.74 Å². The third kappa shape index (κ3) is 4.70. The number of rotatable bonds is 6. The summed E-state index contributed by atoms with van der Waals surface area (Å²) < 4.78 is 4.99. The van der Waals surface area contributed by atoms with Gasteiger partial charge in [-0.25, -0.2) is 0 Å². The van der Waals surface area contributed by atoms with Gasteiger partial charge in [0, 0.05) is 30.4 Å². The second kappa shape index (κ2) is 8.45. The number of esters is 1. The van der Waals surface area contributed by atoms with Gasteiger partial charge in [-0.05, 0) is 41.1 Å². The maximum Gasteiger partial charge on any atom is 0.302 e.